The molecule has 1 aromatic carbocycles. The molecule has 1 aliphatic heterocycles. The first-order valence-corrected chi connectivity index (χ1v) is 7.22. The van der Waals surface area contributed by atoms with Crippen LogP contribution in [0.4, 0.5) is 0 Å². The fourth-order valence-electron chi connectivity index (χ4n) is 1.87. The molecule has 1 aromatic rings. The Morgan fingerprint density at radius 1 is 1.50 bits per heavy atom. The highest BCUT2D eigenvalue weighted by Crippen LogP contribution is 2.24. The summed E-state index contributed by atoms with van der Waals surface area (Å²) in [5.41, 5.74) is 5.96. The summed E-state index contributed by atoms with van der Waals surface area (Å²) >= 11 is 5.84. The number of hydrogen-bond donors (Lipinski definition) is 1. The van der Waals surface area contributed by atoms with Crippen LogP contribution < -0.4 is 5.73 Å². The number of rotatable bonds is 2. The van der Waals surface area contributed by atoms with Crippen LogP contribution in [0.25, 0.3) is 0 Å². The molecule has 0 amide bonds. The summed E-state index contributed by atoms with van der Waals surface area (Å²) in [6.45, 7) is 0.737. The van der Waals surface area contributed by atoms with E-state index in [4.69, 9.17) is 22.6 Å². The highest BCUT2D eigenvalue weighted by molar-refractivity contribution is 7.89. The van der Waals surface area contributed by atoms with E-state index in [0.29, 0.717) is 19.5 Å². The van der Waals surface area contributed by atoms with Crippen molar-refractivity contribution in [3.8, 4) is 6.07 Å². The van der Waals surface area contributed by atoms with Crippen molar-refractivity contribution in [2.45, 2.75) is 17.4 Å². The van der Waals surface area contributed by atoms with E-state index in [1.807, 2.05) is 6.07 Å². The second kappa shape index (κ2) is 4.86. The summed E-state index contributed by atoms with van der Waals surface area (Å²) < 4.78 is 25.9. The maximum absolute atomic E-state index is 12.3. The van der Waals surface area contributed by atoms with Gasteiger partial charge >= 0.3 is 0 Å². The normalized spacial score (nSPS) is 20.8. The summed E-state index contributed by atoms with van der Waals surface area (Å²) in [4.78, 5) is 0.0978. The zero-order chi connectivity index (χ0) is 13.3. The lowest BCUT2D eigenvalue weighted by atomic mass is 10.2. The fourth-order valence-corrected chi connectivity index (χ4v) is 3.69. The van der Waals surface area contributed by atoms with Gasteiger partial charge in [-0.05, 0) is 24.6 Å². The third kappa shape index (κ3) is 2.35. The number of sulfonamides is 1. The van der Waals surface area contributed by atoms with Crippen LogP contribution >= 0.6 is 11.6 Å². The summed E-state index contributed by atoms with van der Waals surface area (Å²) in [5, 5.41) is 8.89. The van der Waals surface area contributed by atoms with Crippen LogP contribution in [0.3, 0.4) is 0 Å². The Morgan fingerprint density at radius 3 is 2.72 bits per heavy atom. The topological polar surface area (TPSA) is 87.2 Å². The molecule has 0 aromatic heterocycles. The first-order chi connectivity index (χ1) is 8.45. The van der Waals surface area contributed by atoms with Crippen LogP contribution in [0.1, 0.15) is 12.0 Å². The Hall–Kier alpha value is -1.13. The van der Waals surface area contributed by atoms with Crippen LogP contribution in [0, 0.1) is 11.3 Å². The third-order valence-electron chi connectivity index (χ3n) is 2.89. The molecule has 5 nitrogen and oxygen atoms in total. The molecule has 1 saturated heterocycles. The van der Waals surface area contributed by atoms with Crippen LogP contribution in [0.15, 0.2) is 23.1 Å². The number of halogens is 1. The van der Waals surface area contributed by atoms with Gasteiger partial charge in [-0.2, -0.15) is 9.57 Å². The highest BCUT2D eigenvalue weighted by atomic mass is 35.5. The molecule has 7 heteroatoms. The molecule has 1 heterocycles. The summed E-state index contributed by atoms with van der Waals surface area (Å²) in [7, 11) is -3.56. The highest BCUT2D eigenvalue weighted by Gasteiger charge is 2.31. The fraction of sp³-hybridized carbons (Fsp3) is 0.364. The SMILES string of the molecule is N#Cc1ccc(S(=O)(=O)N2CCC(N)C2)cc1Cl. The average molecular weight is 286 g/mol. The zero-order valence-corrected chi connectivity index (χ0v) is 11.1. The van der Waals surface area contributed by atoms with Gasteiger partial charge in [0.15, 0.2) is 0 Å². The number of nitrogens with two attached hydrogens (primary N) is 1. The Morgan fingerprint density at radius 2 is 2.22 bits per heavy atom. The monoisotopic (exact) mass is 285 g/mol. The smallest absolute Gasteiger partial charge is 0.243 e. The predicted molar refractivity (Wildman–Crippen MR) is 67.5 cm³/mol. The largest absolute Gasteiger partial charge is 0.326 e. The van der Waals surface area contributed by atoms with Crippen LogP contribution in [-0.2, 0) is 10.0 Å². The number of nitrogens with zero attached hydrogens (tertiary/aromatic N) is 2. The minimum atomic E-state index is -3.56. The minimum Gasteiger partial charge on any atom is -0.326 e. The van der Waals surface area contributed by atoms with Crippen molar-refractivity contribution >= 4 is 21.6 Å². The van der Waals surface area contributed by atoms with E-state index in [-0.39, 0.29) is 21.5 Å². The van der Waals surface area contributed by atoms with Gasteiger partial charge in [0.05, 0.1) is 15.5 Å². The Bertz CT molecular complexity index is 609. The predicted octanol–water partition coefficient (Wildman–Crippen LogP) is 0.933. The van der Waals surface area contributed by atoms with Crippen molar-refractivity contribution in [3.63, 3.8) is 0 Å². The molecule has 0 saturated carbocycles. The van der Waals surface area contributed by atoms with Crippen molar-refractivity contribution in [2.75, 3.05) is 13.1 Å². The van der Waals surface area contributed by atoms with E-state index >= 15 is 0 Å². The van der Waals surface area contributed by atoms with Gasteiger partial charge in [-0.3, -0.25) is 0 Å². The lowest BCUT2D eigenvalue weighted by molar-refractivity contribution is 0.472. The van der Waals surface area contributed by atoms with Crippen LogP contribution in [-0.4, -0.2) is 31.9 Å². The molecule has 1 aliphatic rings. The minimum absolute atomic E-state index is 0.0978. The molecule has 1 atom stereocenters. The van der Waals surface area contributed by atoms with Gasteiger partial charge in [0.2, 0.25) is 10.0 Å². The molecule has 1 unspecified atom stereocenters. The number of benzene rings is 1. The second-order valence-corrected chi connectivity index (χ2v) is 6.51. The number of nitriles is 1. The summed E-state index contributed by atoms with van der Waals surface area (Å²) in [6, 6.07) is 5.88. The third-order valence-corrected chi connectivity index (χ3v) is 5.06. The van der Waals surface area contributed by atoms with Crippen LogP contribution in [0.2, 0.25) is 5.02 Å². The van der Waals surface area contributed by atoms with E-state index in [1.54, 1.807) is 0 Å². The number of hydrogen-bond acceptors (Lipinski definition) is 4. The molecule has 18 heavy (non-hydrogen) atoms. The second-order valence-electron chi connectivity index (χ2n) is 4.17. The molecule has 0 aliphatic carbocycles. The van der Waals surface area contributed by atoms with Gasteiger partial charge in [0.1, 0.15) is 6.07 Å². The molecular weight excluding hydrogens is 274 g/mol. The van der Waals surface area contributed by atoms with Crippen molar-refractivity contribution in [2.24, 2.45) is 5.73 Å². The molecule has 2 N–H and O–H groups in total. The van der Waals surface area contributed by atoms with E-state index in [0.717, 1.165) is 0 Å². The first-order valence-electron chi connectivity index (χ1n) is 5.40. The van der Waals surface area contributed by atoms with Gasteiger partial charge in [0.25, 0.3) is 0 Å². The maximum Gasteiger partial charge on any atom is 0.243 e. The Kier molecular flexibility index (Phi) is 3.59. The molecule has 0 spiro atoms. The van der Waals surface area contributed by atoms with Gasteiger partial charge in [-0.1, -0.05) is 11.6 Å². The quantitative estimate of drug-likeness (QED) is 0.876. The van der Waals surface area contributed by atoms with E-state index < -0.39 is 10.0 Å². The van der Waals surface area contributed by atoms with Crippen molar-refractivity contribution in [1.82, 2.24) is 4.31 Å². The molecule has 0 radical (unpaired) electrons. The van der Waals surface area contributed by atoms with Gasteiger partial charge in [-0.25, -0.2) is 8.42 Å². The zero-order valence-electron chi connectivity index (χ0n) is 9.51. The first kappa shape index (κ1) is 13.3. The summed E-state index contributed by atoms with van der Waals surface area (Å²) in [6.07, 6.45) is 0.656. The van der Waals surface area contributed by atoms with Crippen molar-refractivity contribution in [3.05, 3.63) is 28.8 Å². The standard InChI is InChI=1S/C11H12ClN3O2S/c12-11-5-10(2-1-8(11)6-13)18(16,17)15-4-3-9(14)7-15/h1-2,5,9H,3-4,7,14H2. The summed E-state index contributed by atoms with van der Waals surface area (Å²) in [5.74, 6) is 0. The van der Waals surface area contributed by atoms with E-state index in [1.165, 1.54) is 22.5 Å². The van der Waals surface area contributed by atoms with E-state index in [2.05, 4.69) is 0 Å². The Balaban J connectivity index is 2.37. The maximum atomic E-state index is 12.3. The van der Waals surface area contributed by atoms with Crippen molar-refractivity contribution < 1.29 is 8.42 Å². The molecular formula is C11H12ClN3O2S. The van der Waals surface area contributed by atoms with Gasteiger partial charge in [0, 0.05) is 19.1 Å². The average Bonchev–Trinajstić information content (AvgIpc) is 2.76. The van der Waals surface area contributed by atoms with Gasteiger partial charge < -0.3 is 5.73 Å². The lowest BCUT2D eigenvalue weighted by Gasteiger charge is -2.16. The lowest BCUT2D eigenvalue weighted by Crippen LogP contribution is -2.31. The van der Waals surface area contributed by atoms with E-state index in [9.17, 15) is 8.42 Å². The van der Waals surface area contributed by atoms with Crippen molar-refractivity contribution in [1.29, 1.82) is 5.26 Å². The van der Waals surface area contributed by atoms with Gasteiger partial charge in [-0.15, -0.1) is 0 Å². The molecule has 0 bridgehead atoms. The van der Waals surface area contributed by atoms with Crippen LogP contribution in [0.5, 0.6) is 0 Å². The molecule has 1 fully saturated rings. The Labute approximate surface area is 111 Å². The molecule has 2 rings (SSSR count). The molecule has 96 valence electrons.